The molecule has 0 fully saturated rings. The number of anilines is 1. The number of carbonyl (C=O) groups is 2. The van der Waals surface area contributed by atoms with Crippen LogP contribution >= 0.6 is 22.7 Å². The maximum absolute atomic E-state index is 13.3. The number of amides is 1. The van der Waals surface area contributed by atoms with Gasteiger partial charge in [0.25, 0.3) is 5.91 Å². The number of hydrogen-bond acceptors (Lipinski definition) is 8. The molecule has 4 rings (SSSR count). The summed E-state index contributed by atoms with van der Waals surface area (Å²) >= 11 is 2.59. The summed E-state index contributed by atoms with van der Waals surface area (Å²) in [4.78, 5) is 33.7. The second-order valence-corrected chi connectivity index (χ2v) is 9.03. The van der Waals surface area contributed by atoms with Gasteiger partial charge in [0.15, 0.2) is 22.4 Å². The first kappa shape index (κ1) is 21.1. The summed E-state index contributed by atoms with van der Waals surface area (Å²) in [5.41, 5.74) is 1.40. The molecule has 160 valence electrons. The maximum Gasteiger partial charge on any atom is 0.296 e. The molecule has 0 spiro atoms. The van der Waals surface area contributed by atoms with Crippen molar-refractivity contribution in [2.75, 3.05) is 19.1 Å². The molecule has 0 radical (unpaired) electrons. The van der Waals surface area contributed by atoms with Gasteiger partial charge in [-0.3, -0.25) is 14.5 Å². The molecular weight excluding hydrogens is 436 g/mol. The molecule has 1 atom stereocenters. The van der Waals surface area contributed by atoms with Gasteiger partial charge in [0.1, 0.15) is 0 Å². The van der Waals surface area contributed by atoms with Gasteiger partial charge in [-0.15, -0.1) is 22.7 Å². The summed E-state index contributed by atoms with van der Waals surface area (Å²) < 4.78 is 10.7. The van der Waals surface area contributed by atoms with E-state index in [0.717, 1.165) is 10.6 Å². The minimum Gasteiger partial charge on any atom is -0.503 e. The lowest BCUT2D eigenvalue weighted by molar-refractivity contribution is -0.117. The Balaban J connectivity index is 1.91. The molecule has 1 amide bonds. The number of thiazole rings is 1. The van der Waals surface area contributed by atoms with Gasteiger partial charge in [-0.25, -0.2) is 4.98 Å². The van der Waals surface area contributed by atoms with Crippen LogP contribution in [0.3, 0.4) is 0 Å². The molecule has 3 heterocycles. The van der Waals surface area contributed by atoms with Crippen molar-refractivity contribution in [1.29, 1.82) is 0 Å². The van der Waals surface area contributed by atoms with E-state index < -0.39 is 23.5 Å². The smallest absolute Gasteiger partial charge is 0.296 e. The SMILES string of the molecule is COc1ccc([C@H]2C(C(=O)c3cccs3)=C(O)C(=O)N2c2nc(C)c(C)s2)cc1OC. The standard InChI is InChI=1S/C22H20N2O5S2/c1-11-12(2)31-22(23-11)24-18(13-7-8-14(28-3)15(10-13)29-4)17(20(26)21(24)27)19(25)16-6-5-9-30-16/h5-10,18,26H,1-4H3/t18-/m0/s1. The lowest BCUT2D eigenvalue weighted by atomic mass is 9.95. The lowest BCUT2D eigenvalue weighted by Crippen LogP contribution is -2.31. The van der Waals surface area contributed by atoms with E-state index in [1.165, 1.54) is 41.8 Å². The normalized spacial score (nSPS) is 16.2. The zero-order valence-electron chi connectivity index (χ0n) is 17.3. The highest BCUT2D eigenvalue weighted by Crippen LogP contribution is 2.45. The second-order valence-electron chi connectivity index (χ2n) is 6.90. The van der Waals surface area contributed by atoms with Crippen LogP contribution in [0, 0.1) is 13.8 Å². The molecule has 7 nitrogen and oxygen atoms in total. The minimum atomic E-state index is -0.855. The van der Waals surface area contributed by atoms with Crippen LogP contribution < -0.4 is 14.4 Å². The zero-order chi connectivity index (χ0) is 22.3. The Hall–Kier alpha value is -3.17. The molecule has 0 bridgehead atoms. The third kappa shape index (κ3) is 3.49. The molecule has 0 saturated carbocycles. The highest BCUT2D eigenvalue weighted by molar-refractivity contribution is 7.16. The van der Waals surface area contributed by atoms with Crippen LogP contribution in [0.1, 0.15) is 31.8 Å². The fourth-order valence-corrected chi connectivity index (χ4v) is 5.09. The molecule has 1 aliphatic rings. The van der Waals surface area contributed by atoms with Crippen LogP contribution in [0.4, 0.5) is 5.13 Å². The number of benzene rings is 1. The van der Waals surface area contributed by atoms with Crippen LogP contribution in [0.15, 0.2) is 47.0 Å². The van der Waals surface area contributed by atoms with E-state index >= 15 is 0 Å². The van der Waals surface area contributed by atoms with Gasteiger partial charge >= 0.3 is 0 Å². The van der Waals surface area contributed by atoms with Crippen molar-refractivity contribution in [3.8, 4) is 11.5 Å². The highest BCUT2D eigenvalue weighted by Gasteiger charge is 2.46. The van der Waals surface area contributed by atoms with Crippen LogP contribution in [-0.4, -0.2) is 36.0 Å². The zero-order valence-corrected chi connectivity index (χ0v) is 19.0. The topological polar surface area (TPSA) is 89.0 Å². The molecule has 31 heavy (non-hydrogen) atoms. The molecule has 0 aliphatic carbocycles. The third-order valence-electron chi connectivity index (χ3n) is 5.14. The fraction of sp³-hybridized carbons (Fsp3) is 0.227. The van der Waals surface area contributed by atoms with Gasteiger partial charge in [0, 0.05) is 4.88 Å². The highest BCUT2D eigenvalue weighted by atomic mass is 32.1. The number of aliphatic hydroxyl groups excluding tert-OH is 1. The summed E-state index contributed by atoms with van der Waals surface area (Å²) in [5.74, 6) is -0.652. The first-order chi connectivity index (χ1) is 14.9. The summed E-state index contributed by atoms with van der Waals surface area (Å²) in [7, 11) is 3.04. The van der Waals surface area contributed by atoms with E-state index in [9.17, 15) is 14.7 Å². The monoisotopic (exact) mass is 456 g/mol. The van der Waals surface area contributed by atoms with Crippen molar-refractivity contribution < 1.29 is 24.2 Å². The number of methoxy groups -OCH3 is 2. The average molecular weight is 457 g/mol. The number of aromatic nitrogens is 1. The van der Waals surface area contributed by atoms with Crippen molar-refractivity contribution in [2.24, 2.45) is 0 Å². The van der Waals surface area contributed by atoms with Gasteiger partial charge < -0.3 is 14.6 Å². The van der Waals surface area contributed by atoms with Crippen molar-refractivity contribution >= 4 is 39.5 Å². The summed E-state index contributed by atoms with van der Waals surface area (Å²) in [6.45, 7) is 3.76. The predicted octanol–water partition coefficient (Wildman–Crippen LogP) is 4.62. The first-order valence-corrected chi connectivity index (χ1v) is 11.1. The summed E-state index contributed by atoms with van der Waals surface area (Å²) in [5, 5.41) is 13.0. The minimum absolute atomic E-state index is 0.0187. The van der Waals surface area contributed by atoms with E-state index in [4.69, 9.17) is 9.47 Å². The van der Waals surface area contributed by atoms with Crippen LogP contribution in [0.2, 0.25) is 0 Å². The largest absolute Gasteiger partial charge is 0.503 e. The lowest BCUT2D eigenvalue weighted by Gasteiger charge is -2.25. The molecule has 0 saturated heterocycles. The number of rotatable bonds is 6. The number of ketones is 1. The Morgan fingerprint density at radius 1 is 1.16 bits per heavy atom. The molecule has 1 aromatic carbocycles. The fourth-order valence-electron chi connectivity index (χ4n) is 3.47. The van der Waals surface area contributed by atoms with E-state index in [2.05, 4.69) is 4.98 Å². The summed E-state index contributed by atoms with van der Waals surface area (Å²) in [6.07, 6.45) is 0. The molecule has 2 aromatic heterocycles. The van der Waals surface area contributed by atoms with Crippen molar-refractivity contribution in [3.63, 3.8) is 0 Å². The Kier molecular flexibility index (Phi) is 5.55. The van der Waals surface area contributed by atoms with Gasteiger partial charge in [-0.1, -0.05) is 12.1 Å². The van der Waals surface area contributed by atoms with Crippen molar-refractivity contribution in [1.82, 2.24) is 4.98 Å². The first-order valence-electron chi connectivity index (χ1n) is 9.38. The van der Waals surface area contributed by atoms with Gasteiger partial charge in [0.05, 0.1) is 36.4 Å². The quantitative estimate of drug-likeness (QED) is 0.545. The number of carbonyl (C=O) groups excluding carboxylic acids is 2. The molecule has 3 aromatic rings. The number of hydrogen-bond donors (Lipinski definition) is 1. The van der Waals surface area contributed by atoms with Crippen LogP contribution in [0.25, 0.3) is 0 Å². The van der Waals surface area contributed by atoms with E-state index in [1.54, 1.807) is 35.7 Å². The molecule has 1 aliphatic heterocycles. The number of nitrogens with zero attached hydrogens (tertiary/aromatic N) is 2. The van der Waals surface area contributed by atoms with E-state index in [0.29, 0.717) is 27.1 Å². The molecule has 9 heteroatoms. The molecule has 0 unspecified atom stereocenters. The molecule has 1 N–H and O–H groups in total. The van der Waals surface area contributed by atoms with Crippen molar-refractivity contribution in [2.45, 2.75) is 19.9 Å². The average Bonchev–Trinajstić information content (AvgIpc) is 3.47. The van der Waals surface area contributed by atoms with E-state index in [-0.39, 0.29) is 5.57 Å². The number of thiophene rings is 1. The van der Waals surface area contributed by atoms with Gasteiger partial charge in [-0.2, -0.15) is 0 Å². The Labute approximate surface area is 187 Å². The Bertz CT molecular complexity index is 1180. The second kappa shape index (κ2) is 8.16. The Morgan fingerprint density at radius 3 is 2.48 bits per heavy atom. The predicted molar refractivity (Wildman–Crippen MR) is 120 cm³/mol. The van der Waals surface area contributed by atoms with Gasteiger partial charge in [-0.05, 0) is 43.0 Å². The number of ether oxygens (including phenoxy) is 2. The number of aliphatic hydroxyl groups is 1. The van der Waals surface area contributed by atoms with Crippen LogP contribution in [-0.2, 0) is 4.79 Å². The van der Waals surface area contributed by atoms with E-state index in [1.807, 2.05) is 13.8 Å². The Morgan fingerprint density at radius 2 is 1.90 bits per heavy atom. The van der Waals surface area contributed by atoms with Crippen LogP contribution in [0.5, 0.6) is 11.5 Å². The van der Waals surface area contributed by atoms with Crippen molar-refractivity contribution in [3.05, 3.63) is 68.1 Å². The third-order valence-corrected chi connectivity index (χ3v) is 7.09. The number of Topliss-reactive ketones (excluding diaryl/α,β-unsaturated/α-hetero) is 1. The number of aryl methyl sites for hydroxylation is 2. The summed E-state index contributed by atoms with van der Waals surface area (Å²) in [6, 6.07) is 7.73. The molecular formula is C22H20N2O5S2. The van der Waals surface area contributed by atoms with Gasteiger partial charge in [0.2, 0.25) is 5.78 Å². The maximum atomic E-state index is 13.3.